The molecule has 1 aromatic rings. The number of likely N-dealkylation sites (N-methyl/N-ethyl adjacent to an activating group) is 1. The maximum atomic E-state index is 13.1. The van der Waals surface area contributed by atoms with Crippen molar-refractivity contribution in [2.45, 2.75) is 44.1 Å². The first-order chi connectivity index (χ1) is 12.7. The number of hydrogen-bond donors (Lipinski definition) is 0. The molecule has 2 fully saturated rings. The molecule has 0 radical (unpaired) electrons. The molecule has 0 aromatic carbocycles. The molecule has 2 aliphatic heterocycles. The summed E-state index contributed by atoms with van der Waals surface area (Å²) in [4.78, 5) is 54.2. The minimum atomic E-state index is -1.13. The van der Waals surface area contributed by atoms with E-state index in [1.54, 1.807) is 19.2 Å². The second-order valence-corrected chi connectivity index (χ2v) is 7.90. The number of methoxy groups -OCH3 is 1. The van der Waals surface area contributed by atoms with Crippen LogP contribution >= 0.6 is 15.9 Å². The normalized spacial score (nSPS) is 31.9. The van der Waals surface area contributed by atoms with E-state index in [0.717, 1.165) is 4.90 Å². The van der Waals surface area contributed by atoms with Gasteiger partial charge in [-0.05, 0) is 28.1 Å². The van der Waals surface area contributed by atoms with Crippen molar-refractivity contribution in [3.8, 4) is 0 Å². The molecule has 3 aliphatic rings. The van der Waals surface area contributed by atoms with E-state index in [2.05, 4.69) is 15.9 Å². The molecule has 4 atom stereocenters. The first-order valence-corrected chi connectivity index (χ1v) is 9.30. The molecule has 1 aromatic heterocycles. The van der Waals surface area contributed by atoms with E-state index in [9.17, 15) is 19.2 Å². The van der Waals surface area contributed by atoms with Crippen molar-refractivity contribution in [1.29, 1.82) is 0 Å². The quantitative estimate of drug-likeness (QED) is 0.656. The number of fused-ring (bicyclic) bond motifs is 5. The van der Waals surface area contributed by atoms with Crippen LogP contribution in [0.5, 0.6) is 0 Å². The maximum Gasteiger partial charge on any atom is 0.329 e. The van der Waals surface area contributed by atoms with Crippen LogP contribution in [0.1, 0.15) is 36.8 Å². The first-order valence-electron chi connectivity index (χ1n) is 8.51. The number of amides is 5. The Balaban J connectivity index is 1.98. The molecule has 0 N–H and O–H groups in total. The zero-order chi connectivity index (χ0) is 19.8. The summed E-state index contributed by atoms with van der Waals surface area (Å²) in [5.74, 6) is -1.34. The van der Waals surface area contributed by atoms with Crippen LogP contribution in [0.15, 0.2) is 16.7 Å². The van der Waals surface area contributed by atoms with Crippen molar-refractivity contribution < 1.29 is 23.9 Å². The number of rotatable bonds is 1. The monoisotopic (exact) mass is 438 g/mol. The van der Waals surface area contributed by atoms with Gasteiger partial charge in [-0.3, -0.25) is 29.1 Å². The number of carbonyl (C=O) groups excluding carboxylic acids is 4. The third kappa shape index (κ3) is 2.02. The Morgan fingerprint density at radius 1 is 1.19 bits per heavy atom. The Labute approximate surface area is 163 Å². The highest BCUT2D eigenvalue weighted by Gasteiger charge is 2.70. The molecule has 0 spiro atoms. The predicted molar refractivity (Wildman–Crippen MR) is 95.6 cm³/mol. The summed E-state index contributed by atoms with van der Waals surface area (Å²) in [5.41, 5.74) is -0.745. The summed E-state index contributed by atoms with van der Waals surface area (Å²) in [7, 11) is 3.05. The lowest BCUT2D eigenvalue weighted by Gasteiger charge is -2.41. The highest BCUT2D eigenvalue weighted by Crippen LogP contribution is 2.53. The zero-order valence-electron chi connectivity index (χ0n) is 15.3. The van der Waals surface area contributed by atoms with Crippen molar-refractivity contribution in [2.75, 3.05) is 14.2 Å². The van der Waals surface area contributed by atoms with Gasteiger partial charge in [0.05, 0.1) is 16.7 Å². The van der Waals surface area contributed by atoms with E-state index in [1.165, 1.54) is 30.8 Å². The lowest BCUT2D eigenvalue weighted by molar-refractivity contribution is -0.139. The van der Waals surface area contributed by atoms with E-state index in [-0.39, 0.29) is 6.04 Å². The molecule has 9 nitrogen and oxygen atoms in total. The van der Waals surface area contributed by atoms with E-state index < -0.39 is 41.6 Å². The van der Waals surface area contributed by atoms with Gasteiger partial charge >= 0.3 is 6.03 Å². The van der Waals surface area contributed by atoms with Crippen molar-refractivity contribution in [3.05, 3.63) is 22.4 Å². The average molecular weight is 439 g/mol. The fraction of sp³-hybridized carbons (Fsp3) is 0.529. The number of halogens is 1. The van der Waals surface area contributed by atoms with Gasteiger partial charge < -0.3 is 9.30 Å². The third-order valence-corrected chi connectivity index (χ3v) is 6.63. The van der Waals surface area contributed by atoms with Gasteiger partial charge in [0.25, 0.3) is 5.91 Å². The van der Waals surface area contributed by atoms with Crippen LogP contribution in [0, 0.1) is 0 Å². The first kappa shape index (κ1) is 18.2. The summed E-state index contributed by atoms with van der Waals surface area (Å²) in [6, 6.07) is 1.05. The molecule has 5 amide bonds. The highest BCUT2D eigenvalue weighted by atomic mass is 79.9. The number of ether oxygens (including phenoxy) is 1. The second kappa shape index (κ2) is 5.65. The average Bonchev–Trinajstić information content (AvgIpc) is 3.20. The maximum absolute atomic E-state index is 13.1. The number of aromatic nitrogens is 1. The van der Waals surface area contributed by atoms with Gasteiger partial charge in [0.1, 0.15) is 11.7 Å². The van der Waals surface area contributed by atoms with Crippen LogP contribution in [0.3, 0.4) is 0 Å². The second-order valence-electron chi connectivity index (χ2n) is 7.09. The zero-order valence-corrected chi connectivity index (χ0v) is 16.9. The van der Waals surface area contributed by atoms with Crippen molar-refractivity contribution >= 4 is 39.7 Å². The Morgan fingerprint density at radius 2 is 1.81 bits per heavy atom. The topological polar surface area (TPSA) is 92.2 Å². The van der Waals surface area contributed by atoms with Gasteiger partial charge in [0.2, 0.25) is 11.8 Å². The smallest absolute Gasteiger partial charge is 0.329 e. The van der Waals surface area contributed by atoms with E-state index in [1.807, 2.05) is 4.57 Å². The molecule has 1 aliphatic carbocycles. The summed E-state index contributed by atoms with van der Waals surface area (Å²) >= 11 is 3.47. The number of hydrogen-bond acceptors (Lipinski definition) is 5. The van der Waals surface area contributed by atoms with E-state index in [0.29, 0.717) is 16.7 Å². The molecule has 0 bridgehead atoms. The fourth-order valence-corrected chi connectivity index (χ4v) is 5.51. The predicted octanol–water partition coefficient (Wildman–Crippen LogP) is 1.19. The summed E-state index contributed by atoms with van der Waals surface area (Å²) in [6.07, 6.45) is 0.336. The van der Waals surface area contributed by atoms with Gasteiger partial charge in [-0.25, -0.2) is 4.79 Å². The molecule has 4 rings (SSSR count). The molecule has 3 heterocycles. The van der Waals surface area contributed by atoms with Crippen LogP contribution in [0.2, 0.25) is 0 Å². The fourth-order valence-electron chi connectivity index (χ4n) is 4.93. The number of urea groups is 1. The Kier molecular flexibility index (Phi) is 3.80. The lowest BCUT2D eigenvalue weighted by atomic mass is 10.0. The lowest BCUT2D eigenvalue weighted by Crippen LogP contribution is -2.61. The summed E-state index contributed by atoms with van der Waals surface area (Å²) in [5, 5.41) is 0. The molecular formula is C17H19BrN4O5. The highest BCUT2D eigenvalue weighted by molar-refractivity contribution is 9.10. The largest absolute Gasteiger partial charge is 0.356 e. The summed E-state index contributed by atoms with van der Waals surface area (Å²) in [6.45, 7) is 2.61. The van der Waals surface area contributed by atoms with Gasteiger partial charge in [0.15, 0.2) is 5.72 Å². The third-order valence-electron chi connectivity index (χ3n) is 5.99. The molecule has 0 unspecified atom stereocenters. The Morgan fingerprint density at radius 3 is 2.37 bits per heavy atom. The van der Waals surface area contributed by atoms with Crippen LogP contribution < -0.4 is 0 Å². The number of carbonyl (C=O) groups is 4. The van der Waals surface area contributed by atoms with Crippen LogP contribution in [0.25, 0.3) is 0 Å². The minimum absolute atomic E-state index is 0.336. The standard InChI is InChI=1S/C17H19BrN4O5/c1-8(23)20-13-11(22-10(15(20)25)5-6-12(22)18)7-17(27-4)14(13)21(9(2)24)16(26)19(17)3/h5-6,11,13-14H,7H2,1-4H3/t11-,13-,14+,17+/m1/s1. The molecule has 1 saturated heterocycles. The van der Waals surface area contributed by atoms with Crippen molar-refractivity contribution in [1.82, 2.24) is 19.3 Å². The van der Waals surface area contributed by atoms with E-state index in [4.69, 9.17) is 4.74 Å². The minimum Gasteiger partial charge on any atom is -0.356 e. The van der Waals surface area contributed by atoms with Crippen molar-refractivity contribution in [3.63, 3.8) is 0 Å². The van der Waals surface area contributed by atoms with Crippen molar-refractivity contribution in [2.24, 2.45) is 0 Å². The van der Waals surface area contributed by atoms with Gasteiger partial charge in [-0.15, -0.1) is 0 Å². The molecule has 10 heteroatoms. The molecule has 144 valence electrons. The van der Waals surface area contributed by atoms with Gasteiger partial charge in [0, 0.05) is 34.4 Å². The van der Waals surface area contributed by atoms with Crippen LogP contribution in [-0.2, 0) is 14.3 Å². The molecule has 1 saturated carbocycles. The summed E-state index contributed by atoms with van der Waals surface area (Å²) < 4.78 is 8.32. The molecular weight excluding hydrogens is 420 g/mol. The number of imide groups is 2. The van der Waals surface area contributed by atoms with Gasteiger partial charge in [-0.1, -0.05) is 0 Å². The van der Waals surface area contributed by atoms with Crippen LogP contribution in [-0.4, -0.2) is 75.0 Å². The molecule has 27 heavy (non-hydrogen) atoms. The number of nitrogens with zero attached hydrogens (tertiary/aromatic N) is 4. The Hall–Kier alpha value is -2.20. The Bertz CT molecular complexity index is 898. The SMILES string of the molecule is CO[C@@]12C[C@@H]3[C@H]([C@@H]1N(C(C)=O)C(=O)N2C)N(C(C)=O)C(=O)c1ccc(Br)n13. The van der Waals surface area contributed by atoms with E-state index >= 15 is 0 Å². The van der Waals surface area contributed by atoms with Gasteiger partial charge in [-0.2, -0.15) is 0 Å². The van der Waals surface area contributed by atoms with Crippen LogP contribution in [0.4, 0.5) is 4.79 Å².